The molecule has 1 saturated heterocycles. The lowest BCUT2D eigenvalue weighted by atomic mass is 9.97. The first-order valence-electron chi connectivity index (χ1n) is 4.43. The summed E-state index contributed by atoms with van der Waals surface area (Å²) in [6.45, 7) is 2.79. The monoisotopic (exact) mass is 188 g/mol. The van der Waals surface area contributed by atoms with Gasteiger partial charge in [0.2, 0.25) is 5.91 Å². The fourth-order valence-corrected chi connectivity index (χ4v) is 1.65. The number of carbonyl (C=O) groups is 1. The van der Waals surface area contributed by atoms with Crippen LogP contribution in [-0.2, 0) is 9.63 Å². The van der Waals surface area contributed by atoms with E-state index >= 15 is 0 Å². The van der Waals surface area contributed by atoms with Gasteiger partial charge in [0.15, 0.2) is 0 Å². The molecule has 1 heterocycles. The Morgan fingerprint density at radius 1 is 1.77 bits per heavy atom. The normalized spacial score (nSPS) is 29.0. The van der Waals surface area contributed by atoms with E-state index in [-0.39, 0.29) is 17.9 Å². The maximum absolute atomic E-state index is 11.1. The zero-order chi connectivity index (χ0) is 9.84. The molecule has 1 fully saturated rings. The molecule has 1 aliphatic rings. The Bertz CT molecular complexity index is 186. The number of rotatable bonds is 2. The third-order valence-corrected chi connectivity index (χ3v) is 2.49. The summed E-state index contributed by atoms with van der Waals surface area (Å²) < 4.78 is 0. The number of piperidine rings is 1. The average Bonchev–Trinajstić information content (AvgIpc) is 2.16. The summed E-state index contributed by atoms with van der Waals surface area (Å²) in [5, 5.41) is 8.65. The van der Waals surface area contributed by atoms with Crippen LogP contribution in [-0.4, -0.2) is 41.7 Å². The van der Waals surface area contributed by atoms with Crippen LogP contribution in [0.2, 0.25) is 0 Å². The fourth-order valence-electron chi connectivity index (χ4n) is 1.65. The van der Waals surface area contributed by atoms with Crippen LogP contribution in [0, 0.1) is 5.92 Å². The van der Waals surface area contributed by atoms with Gasteiger partial charge >= 0.3 is 0 Å². The van der Waals surface area contributed by atoms with Crippen molar-refractivity contribution in [3.8, 4) is 0 Å². The lowest BCUT2D eigenvalue weighted by Crippen LogP contribution is -2.47. The molecule has 76 valence electrons. The Hall–Kier alpha value is -0.650. The van der Waals surface area contributed by atoms with Crippen molar-refractivity contribution in [3.05, 3.63) is 0 Å². The maximum Gasteiger partial charge on any atom is 0.248 e. The van der Waals surface area contributed by atoms with Crippen molar-refractivity contribution in [3.63, 3.8) is 0 Å². The van der Waals surface area contributed by atoms with Crippen molar-refractivity contribution >= 4 is 5.91 Å². The van der Waals surface area contributed by atoms with Gasteiger partial charge in [-0.05, 0) is 6.42 Å². The lowest BCUT2D eigenvalue weighted by Gasteiger charge is -2.35. The average molecular weight is 188 g/mol. The fraction of sp³-hybridized carbons (Fsp3) is 0.875. The highest BCUT2D eigenvalue weighted by Gasteiger charge is 2.28. The van der Waals surface area contributed by atoms with E-state index in [9.17, 15) is 4.79 Å². The molecule has 5 heteroatoms. The number of nitrogens with two attached hydrogens (primary N) is 1. The van der Waals surface area contributed by atoms with Gasteiger partial charge in [0.25, 0.3) is 0 Å². The summed E-state index contributed by atoms with van der Waals surface area (Å²) in [7, 11) is 0. The van der Waals surface area contributed by atoms with Crippen LogP contribution in [0.15, 0.2) is 0 Å². The van der Waals surface area contributed by atoms with Crippen molar-refractivity contribution in [1.82, 2.24) is 4.90 Å². The Labute approximate surface area is 77.4 Å². The van der Waals surface area contributed by atoms with Crippen LogP contribution in [0.5, 0.6) is 0 Å². The van der Waals surface area contributed by atoms with E-state index in [1.165, 1.54) is 0 Å². The highest BCUT2D eigenvalue weighted by atomic mass is 16.6. The second kappa shape index (κ2) is 4.55. The van der Waals surface area contributed by atoms with Gasteiger partial charge in [-0.15, -0.1) is 0 Å². The first-order chi connectivity index (χ1) is 6.19. The minimum absolute atomic E-state index is 0.0303. The molecule has 1 aliphatic heterocycles. The highest BCUT2D eigenvalue weighted by Crippen LogP contribution is 2.18. The van der Waals surface area contributed by atoms with Crippen molar-refractivity contribution in [1.29, 1.82) is 0 Å². The van der Waals surface area contributed by atoms with Gasteiger partial charge in [-0.3, -0.25) is 4.79 Å². The van der Waals surface area contributed by atoms with Crippen molar-refractivity contribution in [2.75, 3.05) is 19.7 Å². The third kappa shape index (κ3) is 2.40. The lowest BCUT2D eigenvalue weighted by molar-refractivity contribution is -0.139. The zero-order valence-electron chi connectivity index (χ0n) is 7.77. The van der Waals surface area contributed by atoms with E-state index in [0.29, 0.717) is 13.1 Å². The molecule has 0 aromatic heterocycles. The molecule has 1 amide bonds. The minimum Gasteiger partial charge on any atom is -0.387 e. The van der Waals surface area contributed by atoms with Gasteiger partial charge in [0, 0.05) is 19.0 Å². The smallest absolute Gasteiger partial charge is 0.248 e. The highest BCUT2D eigenvalue weighted by molar-refractivity contribution is 5.77. The standard InChI is InChI=1S/C8H16N2O3/c1-6-4-10(8(12)5-11)3-2-7(6)13-9/h6-7,11H,2-5,9H2,1H3/t6-,7?/m0/s1. The number of carbonyl (C=O) groups excluding carboxylic acids is 1. The van der Waals surface area contributed by atoms with Gasteiger partial charge in [-0.2, -0.15) is 0 Å². The number of nitrogens with zero attached hydrogens (tertiary/aromatic N) is 1. The van der Waals surface area contributed by atoms with Crippen LogP contribution in [0.25, 0.3) is 0 Å². The summed E-state index contributed by atoms with van der Waals surface area (Å²) in [6.07, 6.45) is 0.770. The van der Waals surface area contributed by atoms with E-state index in [1.54, 1.807) is 4.90 Å². The van der Waals surface area contributed by atoms with Gasteiger partial charge in [0.05, 0.1) is 6.10 Å². The second-order valence-electron chi connectivity index (χ2n) is 3.44. The molecule has 1 rings (SSSR count). The minimum atomic E-state index is -0.416. The predicted octanol–water partition coefficient (Wildman–Crippen LogP) is -0.894. The number of hydrogen-bond donors (Lipinski definition) is 2. The molecule has 0 radical (unpaired) electrons. The van der Waals surface area contributed by atoms with E-state index in [2.05, 4.69) is 0 Å². The molecular formula is C8H16N2O3. The van der Waals surface area contributed by atoms with Crippen molar-refractivity contribution < 1.29 is 14.7 Å². The molecular weight excluding hydrogens is 172 g/mol. The molecule has 1 unspecified atom stereocenters. The van der Waals surface area contributed by atoms with Crippen LogP contribution in [0.3, 0.4) is 0 Å². The second-order valence-corrected chi connectivity index (χ2v) is 3.44. The first-order valence-corrected chi connectivity index (χ1v) is 4.43. The number of amides is 1. The van der Waals surface area contributed by atoms with Crippen LogP contribution in [0.4, 0.5) is 0 Å². The van der Waals surface area contributed by atoms with Gasteiger partial charge in [0.1, 0.15) is 6.61 Å². The maximum atomic E-state index is 11.1. The summed E-state index contributed by atoms with van der Waals surface area (Å²) >= 11 is 0. The molecule has 0 aliphatic carbocycles. The summed E-state index contributed by atoms with van der Waals surface area (Å²) in [5.41, 5.74) is 0. The Morgan fingerprint density at radius 2 is 2.46 bits per heavy atom. The van der Waals surface area contributed by atoms with Crippen LogP contribution >= 0.6 is 0 Å². The molecule has 0 bridgehead atoms. The van der Waals surface area contributed by atoms with Crippen LogP contribution in [0.1, 0.15) is 13.3 Å². The van der Waals surface area contributed by atoms with Crippen LogP contribution < -0.4 is 5.90 Å². The molecule has 0 saturated carbocycles. The quantitative estimate of drug-likeness (QED) is 0.551. The van der Waals surface area contributed by atoms with Crippen molar-refractivity contribution in [2.24, 2.45) is 11.8 Å². The molecule has 0 aromatic carbocycles. The molecule has 0 spiro atoms. The SMILES string of the molecule is C[C@H]1CN(C(=O)CO)CCC1ON. The van der Waals surface area contributed by atoms with E-state index in [1.807, 2.05) is 6.92 Å². The number of aliphatic hydroxyl groups is 1. The van der Waals surface area contributed by atoms with Gasteiger partial charge in [-0.1, -0.05) is 6.92 Å². The molecule has 2 atom stereocenters. The summed E-state index contributed by atoms with van der Waals surface area (Å²) in [6, 6.07) is 0. The molecule has 13 heavy (non-hydrogen) atoms. The number of aliphatic hydroxyl groups excluding tert-OH is 1. The summed E-state index contributed by atoms with van der Waals surface area (Å²) in [5.74, 6) is 5.11. The largest absolute Gasteiger partial charge is 0.387 e. The van der Waals surface area contributed by atoms with E-state index in [4.69, 9.17) is 15.8 Å². The zero-order valence-corrected chi connectivity index (χ0v) is 7.77. The van der Waals surface area contributed by atoms with E-state index in [0.717, 1.165) is 6.42 Å². The van der Waals surface area contributed by atoms with Crippen molar-refractivity contribution in [2.45, 2.75) is 19.4 Å². The Kier molecular flexibility index (Phi) is 3.65. The predicted molar refractivity (Wildman–Crippen MR) is 46.5 cm³/mol. The number of hydrogen-bond acceptors (Lipinski definition) is 4. The molecule has 5 nitrogen and oxygen atoms in total. The molecule has 3 N–H and O–H groups in total. The number of likely N-dealkylation sites (tertiary alicyclic amines) is 1. The van der Waals surface area contributed by atoms with E-state index < -0.39 is 6.61 Å². The Morgan fingerprint density at radius 3 is 2.92 bits per heavy atom. The Balaban J connectivity index is 2.45. The molecule has 0 aromatic rings. The topological polar surface area (TPSA) is 75.8 Å². The first kappa shape index (κ1) is 10.4. The van der Waals surface area contributed by atoms with Gasteiger partial charge in [-0.25, -0.2) is 5.90 Å². The summed E-state index contributed by atoms with van der Waals surface area (Å²) in [4.78, 5) is 17.5. The third-order valence-electron chi connectivity index (χ3n) is 2.49. The van der Waals surface area contributed by atoms with Gasteiger partial charge < -0.3 is 14.8 Å².